The molecule has 1 aliphatic rings. The molecule has 1 aromatic carbocycles. The topological polar surface area (TPSA) is 58.6 Å². The van der Waals surface area contributed by atoms with Gasteiger partial charge in [-0.15, -0.1) is 0 Å². The highest BCUT2D eigenvalue weighted by molar-refractivity contribution is 6.30. The molecule has 5 nitrogen and oxygen atoms in total. The number of rotatable bonds is 4. The summed E-state index contributed by atoms with van der Waals surface area (Å²) in [6.07, 6.45) is 1.45. The first-order valence-corrected chi connectivity index (χ1v) is 7.77. The third-order valence-corrected chi connectivity index (χ3v) is 4.35. The molecule has 1 saturated heterocycles. The number of nitrogens with one attached hydrogen (secondary N) is 1. The van der Waals surface area contributed by atoms with Crippen LogP contribution in [0.1, 0.15) is 19.8 Å². The van der Waals surface area contributed by atoms with E-state index in [0.717, 1.165) is 31.6 Å². The lowest BCUT2D eigenvalue weighted by atomic mass is 9.96. The molecule has 22 heavy (non-hydrogen) atoms. The second kappa shape index (κ2) is 7.61. The third-order valence-electron chi connectivity index (χ3n) is 4.10. The summed E-state index contributed by atoms with van der Waals surface area (Å²) < 4.78 is 4.77. The highest BCUT2D eigenvalue weighted by Crippen LogP contribution is 2.21. The third kappa shape index (κ3) is 4.21. The predicted octanol–water partition coefficient (Wildman–Crippen LogP) is 2.55. The Bertz CT molecular complexity index is 525. The summed E-state index contributed by atoms with van der Waals surface area (Å²) in [6.45, 7) is 3.31. The predicted molar refractivity (Wildman–Crippen MR) is 85.9 cm³/mol. The summed E-state index contributed by atoms with van der Waals surface area (Å²) in [7, 11) is 1.41. The van der Waals surface area contributed by atoms with Crippen LogP contribution in [0.5, 0.6) is 0 Å². The zero-order valence-corrected chi connectivity index (χ0v) is 13.6. The summed E-state index contributed by atoms with van der Waals surface area (Å²) in [5, 5.41) is 3.52. The van der Waals surface area contributed by atoms with Crippen molar-refractivity contribution in [3.8, 4) is 0 Å². The van der Waals surface area contributed by atoms with Gasteiger partial charge in [0.2, 0.25) is 5.91 Å². The van der Waals surface area contributed by atoms with Gasteiger partial charge in [0.1, 0.15) is 0 Å². The van der Waals surface area contributed by atoms with Crippen molar-refractivity contribution in [1.29, 1.82) is 0 Å². The molecule has 0 aliphatic carbocycles. The molecular formula is C16H21ClN2O3. The monoisotopic (exact) mass is 324 g/mol. The number of anilines is 1. The number of nitrogens with zero attached hydrogens (tertiary/aromatic N) is 1. The van der Waals surface area contributed by atoms with Crippen LogP contribution in [0.4, 0.5) is 5.69 Å². The minimum atomic E-state index is -0.241. The second-order valence-electron chi connectivity index (χ2n) is 5.51. The number of esters is 1. The van der Waals surface area contributed by atoms with Crippen LogP contribution in [0, 0.1) is 5.92 Å². The average molecular weight is 325 g/mol. The molecule has 0 unspecified atom stereocenters. The molecule has 2 rings (SSSR count). The number of amides is 1. The molecule has 1 heterocycles. The molecular weight excluding hydrogens is 304 g/mol. The number of methoxy groups -OCH3 is 1. The first kappa shape index (κ1) is 16.8. The number of ether oxygens (including phenoxy) is 1. The van der Waals surface area contributed by atoms with E-state index < -0.39 is 0 Å². The molecule has 0 aromatic heterocycles. The second-order valence-corrected chi connectivity index (χ2v) is 5.94. The Hall–Kier alpha value is -1.59. The Morgan fingerprint density at radius 3 is 2.41 bits per heavy atom. The van der Waals surface area contributed by atoms with Crippen molar-refractivity contribution in [3.05, 3.63) is 29.3 Å². The van der Waals surface area contributed by atoms with Crippen LogP contribution in [0.2, 0.25) is 5.02 Å². The molecule has 6 heteroatoms. The zero-order valence-electron chi connectivity index (χ0n) is 12.8. The SMILES string of the molecule is COC(=O)C1CCN([C@H](C)C(=O)Nc2ccc(Cl)cc2)CC1. The van der Waals surface area contributed by atoms with Crippen LogP contribution in [0.3, 0.4) is 0 Å². The smallest absolute Gasteiger partial charge is 0.308 e. The van der Waals surface area contributed by atoms with Crippen molar-refractivity contribution in [1.82, 2.24) is 4.90 Å². The van der Waals surface area contributed by atoms with E-state index in [4.69, 9.17) is 16.3 Å². The quantitative estimate of drug-likeness (QED) is 0.865. The van der Waals surface area contributed by atoms with Gasteiger partial charge in [0.15, 0.2) is 0 Å². The average Bonchev–Trinajstić information content (AvgIpc) is 2.55. The Labute approximate surface area is 135 Å². The molecule has 1 aliphatic heterocycles. The van der Waals surface area contributed by atoms with Crippen LogP contribution >= 0.6 is 11.6 Å². The van der Waals surface area contributed by atoms with Crippen LogP contribution in [0.25, 0.3) is 0 Å². The van der Waals surface area contributed by atoms with E-state index >= 15 is 0 Å². The van der Waals surface area contributed by atoms with Gasteiger partial charge in [-0.3, -0.25) is 14.5 Å². The highest BCUT2D eigenvalue weighted by atomic mass is 35.5. The van der Waals surface area contributed by atoms with E-state index in [2.05, 4.69) is 10.2 Å². The molecule has 1 aromatic rings. The minimum absolute atomic E-state index is 0.0484. The van der Waals surface area contributed by atoms with Gasteiger partial charge in [-0.1, -0.05) is 11.6 Å². The lowest BCUT2D eigenvalue weighted by Crippen LogP contribution is -2.47. The first-order valence-electron chi connectivity index (χ1n) is 7.39. The summed E-state index contributed by atoms with van der Waals surface area (Å²) in [5.41, 5.74) is 0.727. The van der Waals surface area contributed by atoms with E-state index in [1.54, 1.807) is 24.3 Å². The van der Waals surface area contributed by atoms with Gasteiger partial charge in [0.05, 0.1) is 19.1 Å². The standard InChI is InChI=1S/C16H21ClN2O3/c1-11(15(20)18-14-5-3-13(17)4-6-14)19-9-7-12(8-10-19)16(21)22-2/h3-6,11-12H,7-10H2,1-2H3,(H,18,20)/t11-/m1/s1. The van der Waals surface area contributed by atoms with Gasteiger partial charge in [-0.05, 0) is 57.1 Å². The maximum absolute atomic E-state index is 12.3. The normalized spacial score (nSPS) is 17.8. The van der Waals surface area contributed by atoms with Crippen LogP contribution in [0.15, 0.2) is 24.3 Å². The molecule has 120 valence electrons. The molecule has 0 spiro atoms. The fraction of sp³-hybridized carbons (Fsp3) is 0.500. The Kier molecular flexibility index (Phi) is 5.80. The van der Waals surface area contributed by atoms with E-state index in [1.165, 1.54) is 7.11 Å². The molecule has 1 atom stereocenters. The number of carbonyl (C=O) groups is 2. The van der Waals surface area contributed by atoms with E-state index in [9.17, 15) is 9.59 Å². The molecule has 0 saturated carbocycles. The van der Waals surface area contributed by atoms with Crippen molar-refractivity contribution in [3.63, 3.8) is 0 Å². The maximum Gasteiger partial charge on any atom is 0.308 e. The van der Waals surface area contributed by atoms with Gasteiger partial charge in [-0.25, -0.2) is 0 Å². The summed E-state index contributed by atoms with van der Waals surface area (Å²) in [6, 6.07) is 6.79. The Morgan fingerprint density at radius 2 is 1.86 bits per heavy atom. The number of likely N-dealkylation sites (tertiary alicyclic amines) is 1. The fourth-order valence-electron chi connectivity index (χ4n) is 2.63. The van der Waals surface area contributed by atoms with Crippen molar-refractivity contribution < 1.29 is 14.3 Å². The van der Waals surface area contributed by atoms with Crippen molar-refractivity contribution in [2.75, 3.05) is 25.5 Å². The summed E-state index contributed by atoms with van der Waals surface area (Å²) in [5.74, 6) is -0.260. The van der Waals surface area contributed by atoms with E-state index in [-0.39, 0.29) is 23.8 Å². The van der Waals surface area contributed by atoms with Crippen molar-refractivity contribution in [2.45, 2.75) is 25.8 Å². The largest absolute Gasteiger partial charge is 0.469 e. The lowest BCUT2D eigenvalue weighted by molar-refractivity contribution is -0.147. The van der Waals surface area contributed by atoms with Crippen LogP contribution in [-0.4, -0.2) is 43.0 Å². The van der Waals surface area contributed by atoms with Gasteiger partial charge in [0, 0.05) is 10.7 Å². The number of hydrogen-bond donors (Lipinski definition) is 1. The van der Waals surface area contributed by atoms with Crippen molar-refractivity contribution in [2.24, 2.45) is 5.92 Å². The maximum atomic E-state index is 12.3. The Balaban J connectivity index is 1.86. The van der Waals surface area contributed by atoms with Gasteiger partial charge >= 0.3 is 5.97 Å². The van der Waals surface area contributed by atoms with Crippen LogP contribution < -0.4 is 5.32 Å². The minimum Gasteiger partial charge on any atom is -0.469 e. The van der Waals surface area contributed by atoms with Crippen molar-refractivity contribution >= 4 is 29.2 Å². The number of hydrogen-bond acceptors (Lipinski definition) is 4. The Morgan fingerprint density at radius 1 is 1.27 bits per heavy atom. The molecule has 1 amide bonds. The summed E-state index contributed by atoms with van der Waals surface area (Å²) >= 11 is 5.82. The number of carbonyl (C=O) groups excluding carboxylic acids is 2. The molecule has 0 radical (unpaired) electrons. The number of piperidine rings is 1. The molecule has 1 fully saturated rings. The van der Waals surface area contributed by atoms with Gasteiger partial charge in [0.25, 0.3) is 0 Å². The molecule has 0 bridgehead atoms. The summed E-state index contributed by atoms with van der Waals surface area (Å²) in [4.78, 5) is 25.9. The van der Waals surface area contributed by atoms with E-state index in [0.29, 0.717) is 5.02 Å². The number of benzene rings is 1. The van der Waals surface area contributed by atoms with Gasteiger partial charge in [-0.2, -0.15) is 0 Å². The van der Waals surface area contributed by atoms with Gasteiger partial charge < -0.3 is 10.1 Å². The molecule has 1 N–H and O–H groups in total. The first-order chi connectivity index (χ1) is 10.5. The fourth-order valence-corrected chi connectivity index (χ4v) is 2.76. The van der Waals surface area contributed by atoms with E-state index in [1.807, 2.05) is 6.92 Å². The highest BCUT2D eigenvalue weighted by Gasteiger charge is 2.30. The number of halogens is 1. The lowest BCUT2D eigenvalue weighted by Gasteiger charge is -2.34. The zero-order chi connectivity index (χ0) is 16.1. The van der Waals surface area contributed by atoms with Crippen LogP contribution in [-0.2, 0) is 14.3 Å².